The van der Waals surface area contributed by atoms with Crippen molar-refractivity contribution in [2.75, 3.05) is 6.54 Å². The Morgan fingerprint density at radius 1 is 1.38 bits per heavy atom. The van der Waals surface area contributed by atoms with Gasteiger partial charge in [0.2, 0.25) is 5.91 Å². The number of phenolic OH excluding ortho intramolecular Hbond substituents is 1. The number of phenols is 1. The van der Waals surface area contributed by atoms with Crippen LogP contribution in [0, 0.1) is 0 Å². The Morgan fingerprint density at radius 3 is 3.05 bits per heavy atom. The number of imidazole rings is 1. The molecule has 0 saturated carbocycles. The van der Waals surface area contributed by atoms with Crippen molar-refractivity contribution in [3.8, 4) is 5.75 Å². The average molecular weight is 306 g/mol. The number of amides is 1. The van der Waals surface area contributed by atoms with E-state index in [-0.39, 0.29) is 23.1 Å². The largest absolute Gasteiger partial charge is 0.506 e. The van der Waals surface area contributed by atoms with Crippen LogP contribution >= 0.6 is 11.6 Å². The molecule has 1 amide bonds. The molecule has 0 spiro atoms. The fraction of sp³-hybridized carbons (Fsp3) is 0.333. The van der Waals surface area contributed by atoms with Crippen LogP contribution in [0.3, 0.4) is 0 Å². The van der Waals surface area contributed by atoms with Gasteiger partial charge in [-0.1, -0.05) is 17.7 Å². The van der Waals surface area contributed by atoms with Crippen LogP contribution in [0.4, 0.5) is 0 Å². The lowest BCUT2D eigenvalue weighted by atomic mass is 10.1. The topological polar surface area (TPSA) is 58.4 Å². The van der Waals surface area contributed by atoms with E-state index in [2.05, 4.69) is 9.55 Å². The molecule has 0 radical (unpaired) electrons. The predicted molar refractivity (Wildman–Crippen MR) is 79.1 cm³/mol. The Morgan fingerprint density at radius 2 is 2.24 bits per heavy atom. The number of carbonyl (C=O) groups excluding carboxylic acids is 1. The van der Waals surface area contributed by atoms with E-state index in [1.54, 1.807) is 12.1 Å². The number of nitrogens with zero attached hydrogens (tertiary/aromatic N) is 3. The highest BCUT2D eigenvalue weighted by Gasteiger charge is 2.19. The molecule has 1 aliphatic rings. The first kappa shape index (κ1) is 13.9. The normalized spacial score (nSPS) is 14.6. The Balaban J connectivity index is 1.71. The molecule has 0 atom stereocenters. The second-order valence-electron chi connectivity index (χ2n) is 5.21. The molecule has 0 bridgehead atoms. The smallest absolute Gasteiger partial charge is 0.227 e. The Hall–Kier alpha value is -2.01. The monoisotopic (exact) mass is 305 g/mol. The number of carbonyl (C=O) groups is 1. The third-order valence-electron chi connectivity index (χ3n) is 3.70. The van der Waals surface area contributed by atoms with Gasteiger partial charge >= 0.3 is 0 Å². The second kappa shape index (κ2) is 5.77. The zero-order valence-corrected chi connectivity index (χ0v) is 12.3. The van der Waals surface area contributed by atoms with Gasteiger partial charge in [-0.15, -0.1) is 0 Å². The SMILES string of the molecule is O=C(Cc1ccc(O)c(Cl)c1)N1CCCn2cncc2C1. The number of aromatic hydroxyl groups is 1. The third-order valence-corrected chi connectivity index (χ3v) is 4.00. The van der Waals surface area contributed by atoms with E-state index in [0.29, 0.717) is 6.54 Å². The highest BCUT2D eigenvalue weighted by atomic mass is 35.5. The summed E-state index contributed by atoms with van der Waals surface area (Å²) in [5, 5.41) is 9.68. The first-order chi connectivity index (χ1) is 10.1. The summed E-state index contributed by atoms with van der Waals surface area (Å²) in [6, 6.07) is 4.88. The van der Waals surface area contributed by atoms with Crippen molar-refractivity contribution in [3.63, 3.8) is 0 Å². The maximum absolute atomic E-state index is 12.4. The molecule has 6 heteroatoms. The lowest BCUT2D eigenvalue weighted by Gasteiger charge is -2.20. The summed E-state index contributed by atoms with van der Waals surface area (Å²) in [5.41, 5.74) is 1.87. The van der Waals surface area contributed by atoms with Gasteiger partial charge in [0.1, 0.15) is 5.75 Å². The fourth-order valence-corrected chi connectivity index (χ4v) is 2.75. The number of hydrogen-bond donors (Lipinski definition) is 1. The van der Waals surface area contributed by atoms with Gasteiger partial charge in [0.15, 0.2) is 0 Å². The molecule has 1 aliphatic heterocycles. The first-order valence-corrected chi connectivity index (χ1v) is 7.25. The summed E-state index contributed by atoms with van der Waals surface area (Å²) in [6.07, 6.45) is 4.83. The molecule has 0 unspecified atom stereocenters. The predicted octanol–water partition coefficient (Wildman–Crippen LogP) is 2.22. The summed E-state index contributed by atoms with van der Waals surface area (Å²) in [4.78, 5) is 18.4. The van der Waals surface area contributed by atoms with Gasteiger partial charge in [0, 0.05) is 19.3 Å². The summed E-state index contributed by atoms with van der Waals surface area (Å²) in [7, 11) is 0. The van der Waals surface area contributed by atoms with E-state index in [0.717, 1.165) is 30.8 Å². The van der Waals surface area contributed by atoms with Crippen molar-refractivity contribution in [2.45, 2.75) is 25.9 Å². The fourth-order valence-electron chi connectivity index (χ4n) is 2.55. The van der Waals surface area contributed by atoms with Crippen LogP contribution in [0.5, 0.6) is 5.75 Å². The van der Waals surface area contributed by atoms with Crippen molar-refractivity contribution < 1.29 is 9.90 Å². The molecular formula is C15H16ClN3O2. The first-order valence-electron chi connectivity index (χ1n) is 6.87. The summed E-state index contributed by atoms with van der Waals surface area (Å²) in [5.74, 6) is 0.0953. The Labute approximate surface area is 127 Å². The Kier molecular flexibility index (Phi) is 3.84. The van der Waals surface area contributed by atoms with Crippen molar-refractivity contribution >= 4 is 17.5 Å². The molecule has 21 heavy (non-hydrogen) atoms. The minimum Gasteiger partial charge on any atom is -0.506 e. The summed E-state index contributed by atoms with van der Waals surface area (Å²) in [6.45, 7) is 2.22. The van der Waals surface area contributed by atoms with Crippen molar-refractivity contribution in [1.82, 2.24) is 14.5 Å². The van der Waals surface area contributed by atoms with Crippen molar-refractivity contribution in [1.29, 1.82) is 0 Å². The van der Waals surface area contributed by atoms with Crippen LogP contribution < -0.4 is 0 Å². The number of aryl methyl sites for hydroxylation is 1. The van der Waals surface area contributed by atoms with E-state index in [9.17, 15) is 9.90 Å². The molecule has 1 aromatic carbocycles. The van der Waals surface area contributed by atoms with Crippen molar-refractivity contribution in [2.24, 2.45) is 0 Å². The minimum absolute atomic E-state index is 0.0338. The van der Waals surface area contributed by atoms with Gasteiger partial charge in [-0.3, -0.25) is 4.79 Å². The average Bonchev–Trinajstić information content (AvgIpc) is 2.80. The molecular weight excluding hydrogens is 290 g/mol. The number of fused-ring (bicyclic) bond motifs is 1. The standard InChI is InChI=1S/C15H16ClN3O2/c16-13-6-11(2-3-14(13)20)7-15(21)18-4-1-5-19-10-17-8-12(19)9-18/h2-3,6,8,10,20H,1,4-5,7,9H2. The van der Waals surface area contributed by atoms with Crippen molar-refractivity contribution in [3.05, 3.63) is 47.0 Å². The summed E-state index contributed by atoms with van der Waals surface area (Å²) >= 11 is 5.87. The molecule has 110 valence electrons. The zero-order chi connectivity index (χ0) is 14.8. The van der Waals surface area contributed by atoms with Crippen LogP contribution in [0.1, 0.15) is 17.7 Å². The lowest BCUT2D eigenvalue weighted by molar-refractivity contribution is -0.131. The maximum atomic E-state index is 12.4. The van der Waals surface area contributed by atoms with Gasteiger partial charge in [0.25, 0.3) is 0 Å². The number of hydrogen-bond acceptors (Lipinski definition) is 3. The van der Waals surface area contributed by atoms with E-state index in [1.807, 2.05) is 17.4 Å². The lowest BCUT2D eigenvalue weighted by Crippen LogP contribution is -2.32. The van der Waals surface area contributed by atoms with Gasteiger partial charge in [0.05, 0.1) is 30.0 Å². The quantitative estimate of drug-likeness (QED) is 0.925. The number of aromatic nitrogens is 2. The van der Waals surface area contributed by atoms with Gasteiger partial charge in [-0.05, 0) is 24.1 Å². The number of halogens is 1. The molecule has 1 aromatic heterocycles. The van der Waals surface area contributed by atoms with Crippen LogP contribution in [0.2, 0.25) is 5.02 Å². The molecule has 0 aliphatic carbocycles. The van der Waals surface area contributed by atoms with Crippen LogP contribution in [-0.2, 0) is 24.3 Å². The highest BCUT2D eigenvalue weighted by molar-refractivity contribution is 6.32. The molecule has 0 saturated heterocycles. The zero-order valence-electron chi connectivity index (χ0n) is 11.5. The van der Waals surface area contributed by atoms with Gasteiger partial charge < -0.3 is 14.6 Å². The van der Waals surface area contributed by atoms with E-state index >= 15 is 0 Å². The minimum atomic E-state index is 0.0338. The third kappa shape index (κ3) is 3.03. The highest BCUT2D eigenvalue weighted by Crippen LogP contribution is 2.24. The number of benzene rings is 1. The van der Waals surface area contributed by atoms with Crippen LogP contribution in [0.15, 0.2) is 30.7 Å². The summed E-state index contributed by atoms with van der Waals surface area (Å²) < 4.78 is 2.09. The second-order valence-corrected chi connectivity index (χ2v) is 5.62. The Bertz CT molecular complexity index is 669. The van der Waals surface area contributed by atoms with E-state index in [1.165, 1.54) is 6.07 Å². The van der Waals surface area contributed by atoms with E-state index < -0.39 is 0 Å². The van der Waals surface area contributed by atoms with Gasteiger partial charge in [-0.2, -0.15) is 0 Å². The van der Waals surface area contributed by atoms with Crippen LogP contribution in [0.25, 0.3) is 0 Å². The molecule has 5 nitrogen and oxygen atoms in total. The molecule has 1 N–H and O–H groups in total. The maximum Gasteiger partial charge on any atom is 0.227 e. The molecule has 2 heterocycles. The number of rotatable bonds is 2. The van der Waals surface area contributed by atoms with Gasteiger partial charge in [-0.25, -0.2) is 4.98 Å². The molecule has 2 aromatic rings. The molecule has 3 rings (SSSR count). The van der Waals surface area contributed by atoms with E-state index in [4.69, 9.17) is 11.6 Å². The molecule has 0 fully saturated rings. The van der Waals surface area contributed by atoms with Crippen LogP contribution in [-0.4, -0.2) is 32.0 Å².